The third-order valence-electron chi connectivity index (χ3n) is 3.57. The SMILES string of the molecule is O=C(Nc1ccccc1Br)c1ccc(N2CCCC2)cn1. The molecule has 1 aromatic carbocycles. The van der Waals surface area contributed by atoms with Crippen LogP contribution in [-0.4, -0.2) is 24.0 Å². The van der Waals surface area contributed by atoms with E-state index in [-0.39, 0.29) is 5.91 Å². The van der Waals surface area contributed by atoms with Crippen molar-refractivity contribution in [3.05, 3.63) is 52.8 Å². The lowest BCUT2D eigenvalue weighted by Crippen LogP contribution is -2.19. The van der Waals surface area contributed by atoms with Crippen LogP contribution in [0.25, 0.3) is 0 Å². The van der Waals surface area contributed by atoms with E-state index in [9.17, 15) is 4.79 Å². The van der Waals surface area contributed by atoms with E-state index in [1.807, 2.05) is 30.3 Å². The molecular formula is C16H16BrN3O. The van der Waals surface area contributed by atoms with E-state index in [1.54, 1.807) is 12.3 Å². The van der Waals surface area contributed by atoms with Crippen molar-refractivity contribution in [3.8, 4) is 0 Å². The van der Waals surface area contributed by atoms with Gasteiger partial charge in [0.15, 0.2) is 0 Å². The van der Waals surface area contributed by atoms with Gasteiger partial charge in [0.05, 0.1) is 17.6 Å². The van der Waals surface area contributed by atoms with Crippen molar-refractivity contribution in [1.82, 2.24) is 4.98 Å². The van der Waals surface area contributed by atoms with E-state index in [0.29, 0.717) is 5.69 Å². The monoisotopic (exact) mass is 345 g/mol. The third kappa shape index (κ3) is 3.24. The molecule has 0 unspecified atom stereocenters. The normalized spacial score (nSPS) is 14.2. The fourth-order valence-corrected chi connectivity index (χ4v) is 2.82. The Morgan fingerprint density at radius 2 is 1.90 bits per heavy atom. The summed E-state index contributed by atoms with van der Waals surface area (Å²) in [6.07, 6.45) is 4.23. The van der Waals surface area contributed by atoms with Crippen LogP contribution in [0.2, 0.25) is 0 Å². The van der Waals surface area contributed by atoms with Gasteiger partial charge >= 0.3 is 0 Å². The predicted octanol–water partition coefficient (Wildman–Crippen LogP) is 3.70. The van der Waals surface area contributed by atoms with Gasteiger partial charge in [0.25, 0.3) is 5.91 Å². The van der Waals surface area contributed by atoms with Gasteiger partial charge < -0.3 is 10.2 Å². The van der Waals surface area contributed by atoms with Gasteiger partial charge in [-0.3, -0.25) is 4.79 Å². The number of anilines is 2. The fourth-order valence-electron chi connectivity index (χ4n) is 2.43. The summed E-state index contributed by atoms with van der Waals surface area (Å²) in [5.41, 5.74) is 2.26. The summed E-state index contributed by atoms with van der Waals surface area (Å²) in [6, 6.07) is 11.3. The summed E-state index contributed by atoms with van der Waals surface area (Å²) in [7, 11) is 0. The Balaban J connectivity index is 1.71. The summed E-state index contributed by atoms with van der Waals surface area (Å²) < 4.78 is 0.854. The number of rotatable bonds is 3. The smallest absolute Gasteiger partial charge is 0.274 e. The molecule has 21 heavy (non-hydrogen) atoms. The molecule has 4 nitrogen and oxygen atoms in total. The van der Waals surface area contributed by atoms with Crippen LogP contribution in [0.4, 0.5) is 11.4 Å². The predicted molar refractivity (Wildman–Crippen MR) is 87.8 cm³/mol. The lowest BCUT2D eigenvalue weighted by Gasteiger charge is -2.17. The Labute approximate surface area is 132 Å². The maximum atomic E-state index is 12.2. The summed E-state index contributed by atoms with van der Waals surface area (Å²) >= 11 is 3.41. The van der Waals surface area contributed by atoms with Gasteiger partial charge in [0.1, 0.15) is 5.69 Å². The molecule has 0 radical (unpaired) electrons. The van der Waals surface area contributed by atoms with Gasteiger partial charge in [0.2, 0.25) is 0 Å². The molecule has 1 aromatic heterocycles. The molecule has 2 heterocycles. The van der Waals surface area contributed by atoms with Gasteiger partial charge in [-0.25, -0.2) is 4.98 Å². The van der Waals surface area contributed by atoms with Gasteiger partial charge in [0, 0.05) is 17.6 Å². The lowest BCUT2D eigenvalue weighted by atomic mass is 10.2. The maximum absolute atomic E-state index is 12.2. The van der Waals surface area contributed by atoms with E-state index in [2.05, 4.69) is 31.1 Å². The summed E-state index contributed by atoms with van der Waals surface area (Å²) in [6.45, 7) is 2.15. The van der Waals surface area contributed by atoms with E-state index in [0.717, 1.165) is 28.9 Å². The van der Waals surface area contributed by atoms with Crippen LogP contribution < -0.4 is 10.2 Å². The van der Waals surface area contributed by atoms with Gasteiger partial charge in [-0.05, 0) is 53.0 Å². The highest BCUT2D eigenvalue weighted by atomic mass is 79.9. The van der Waals surface area contributed by atoms with Crippen molar-refractivity contribution in [1.29, 1.82) is 0 Å². The Bertz CT molecular complexity index is 636. The quantitative estimate of drug-likeness (QED) is 0.922. The minimum absolute atomic E-state index is 0.199. The summed E-state index contributed by atoms with van der Waals surface area (Å²) in [5.74, 6) is -0.199. The first kappa shape index (κ1) is 14.1. The van der Waals surface area contributed by atoms with Gasteiger partial charge in [-0.2, -0.15) is 0 Å². The van der Waals surface area contributed by atoms with Crippen LogP contribution in [0.15, 0.2) is 47.1 Å². The second-order valence-electron chi connectivity index (χ2n) is 5.03. The number of hydrogen-bond donors (Lipinski definition) is 1. The third-order valence-corrected chi connectivity index (χ3v) is 4.27. The lowest BCUT2D eigenvalue weighted by molar-refractivity contribution is 0.102. The van der Waals surface area contributed by atoms with Crippen LogP contribution in [0.5, 0.6) is 0 Å². The van der Waals surface area contributed by atoms with Crippen molar-refractivity contribution in [2.45, 2.75) is 12.8 Å². The largest absolute Gasteiger partial charge is 0.370 e. The van der Waals surface area contributed by atoms with E-state index >= 15 is 0 Å². The first-order valence-electron chi connectivity index (χ1n) is 7.01. The van der Waals surface area contributed by atoms with Crippen molar-refractivity contribution in [3.63, 3.8) is 0 Å². The molecule has 3 rings (SSSR count). The number of carbonyl (C=O) groups excluding carboxylic acids is 1. The molecule has 1 aliphatic rings. The van der Waals surface area contributed by atoms with Crippen molar-refractivity contribution < 1.29 is 4.79 Å². The summed E-state index contributed by atoms with van der Waals surface area (Å²) in [4.78, 5) is 18.8. The van der Waals surface area contributed by atoms with Crippen molar-refractivity contribution >= 4 is 33.2 Å². The highest BCUT2D eigenvalue weighted by Crippen LogP contribution is 2.22. The molecule has 108 valence electrons. The number of carbonyl (C=O) groups is 1. The molecule has 0 aliphatic carbocycles. The van der Waals surface area contributed by atoms with E-state index in [4.69, 9.17) is 0 Å². The standard InChI is InChI=1S/C16H16BrN3O/c17-13-5-1-2-6-14(13)19-16(21)15-8-7-12(11-18-15)20-9-3-4-10-20/h1-2,5-8,11H,3-4,9-10H2,(H,19,21). The number of pyridine rings is 1. The Morgan fingerprint density at radius 1 is 1.14 bits per heavy atom. The van der Waals surface area contributed by atoms with Gasteiger partial charge in [-0.1, -0.05) is 12.1 Å². The van der Waals surface area contributed by atoms with Crippen LogP contribution in [0.1, 0.15) is 23.3 Å². The minimum Gasteiger partial charge on any atom is -0.370 e. The second-order valence-corrected chi connectivity index (χ2v) is 5.88. The molecule has 1 fully saturated rings. The van der Waals surface area contributed by atoms with Crippen LogP contribution in [0.3, 0.4) is 0 Å². The molecule has 0 bridgehead atoms. The molecule has 0 spiro atoms. The Hall–Kier alpha value is -1.88. The minimum atomic E-state index is -0.199. The molecule has 1 N–H and O–H groups in total. The fraction of sp³-hybridized carbons (Fsp3) is 0.250. The van der Waals surface area contributed by atoms with Crippen LogP contribution >= 0.6 is 15.9 Å². The highest BCUT2D eigenvalue weighted by molar-refractivity contribution is 9.10. The number of nitrogens with zero attached hydrogens (tertiary/aromatic N) is 2. The molecule has 0 atom stereocenters. The molecular weight excluding hydrogens is 330 g/mol. The molecule has 1 saturated heterocycles. The number of benzene rings is 1. The number of para-hydroxylation sites is 1. The van der Waals surface area contributed by atoms with E-state index in [1.165, 1.54) is 12.8 Å². The maximum Gasteiger partial charge on any atom is 0.274 e. The van der Waals surface area contributed by atoms with Crippen molar-refractivity contribution in [2.24, 2.45) is 0 Å². The number of nitrogens with one attached hydrogen (secondary N) is 1. The van der Waals surface area contributed by atoms with Crippen molar-refractivity contribution in [2.75, 3.05) is 23.3 Å². The molecule has 1 aliphatic heterocycles. The number of halogens is 1. The zero-order valence-corrected chi connectivity index (χ0v) is 13.1. The average Bonchev–Trinajstić information content (AvgIpc) is 3.04. The first-order valence-corrected chi connectivity index (χ1v) is 7.80. The van der Waals surface area contributed by atoms with E-state index < -0.39 is 0 Å². The number of hydrogen-bond acceptors (Lipinski definition) is 3. The zero-order chi connectivity index (χ0) is 14.7. The molecule has 5 heteroatoms. The number of aromatic nitrogens is 1. The molecule has 2 aromatic rings. The molecule has 1 amide bonds. The van der Waals surface area contributed by atoms with Gasteiger partial charge in [-0.15, -0.1) is 0 Å². The summed E-state index contributed by atoms with van der Waals surface area (Å²) in [5, 5.41) is 2.85. The van der Waals surface area contributed by atoms with Crippen LogP contribution in [-0.2, 0) is 0 Å². The Kier molecular flexibility index (Phi) is 4.20. The highest BCUT2D eigenvalue weighted by Gasteiger charge is 2.14. The first-order chi connectivity index (χ1) is 10.2. The topological polar surface area (TPSA) is 45.2 Å². The zero-order valence-electron chi connectivity index (χ0n) is 11.6. The second kappa shape index (κ2) is 6.26. The average molecular weight is 346 g/mol. The van der Waals surface area contributed by atoms with Crippen LogP contribution in [0, 0.1) is 0 Å². The molecule has 0 saturated carbocycles. The number of amides is 1. The Morgan fingerprint density at radius 3 is 2.57 bits per heavy atom.